The third-order valence-corrected chi connectivity index (χ3v) is 9.56. The average Bonchev–Trinajstić information content (AvgIpc) is 3.62. The van der Waals surface area contributed by atoms with Crippen LogP contribution in [-0.2, 0) is 33.5 Å². The predicted molar refractivity (Wildman–Crippen MR) is 194 cm³/mol. The molecule has 55 heavy (non-hydrogen) atoms. The SMILES string of the molecule is C=CC(=O)NCC1CN(c2c(CC)n(CC(=O)Nc3ccc(C(F)(F)F)cc3Cl)c3nc(C4=CCOCC4)nn3c2=O)CCN1C(=O)c1ncnc(C)c1O. The zero-order valence-corrected chi connectivity index (χ0v) is 30.4. The van der Waals surface area contributed by atoms with Crippen molar-refractivity contribution in [1.82, 2.24) is 39.3 Å². The molecule has 6 rings (SSSR count). The highest BCUT2D eigenvalue weighted by Crippen LogP contribution is 2.34. The molecule has 1 atom stereocenters. The van der Waals surface area contributed by atoms with Crippen molar-refractivity contribution in [3.05, 3.63) is 87.1 Å². The van der Waals surface area contributed by atoms with Gasteiger partial charge < -0.3 is 34.8 Å². The lowest BCUT2D eigenvalue weighted by molar-refractivity contribution is -0.137. The van der Waals surface area contributed by atoms with Crippen LogP contribution in [0.25, 0.3) is 11.4 Å². The number of alkyl halides is 3. The molecule has 0 spiro atoms. The Balaban J connectivity index is 1.41. The second-order valence-corrected chi connectivity index (χ2v) is 13.1. The molecule has 3 amide bonds. The van der Waals surface area contributed by atoms with Crippen LogP contribution >= 0.6 is 11.6 Å². The van der Waals surface area contributed by atoms with E-state index in [-0.39, 0.29) is 77.7 Å². The smallest absolute Gasteiger partial charge is 0.416 e. The fraction of sp³-hybridized carbons (Fsp3) is 0.371. The van der Waals surface area contributed by atoms with Crippen LogP contribution in [0, 0.1) is 6.92 Å². The van der Waals surface area contributed by atoms with Gasteiger partial charge in [0.15, 0.2) is 17.3 Å². The summed E-state index contributed by atoms with van der Waals surface area (Å²) in [4.78, 5) is 69.9. The summed E-state index contributed by atoms with van der Waals surface area (Å²) in [5, 5.41) is 20.1. The second-order valence-electron chi connectivity index (χ2n) is 12.7. The number of benzene rings is 1. The molecule has 0 radical (unpaired) electrons. The van der Waals surface area contributed by atoms with Gasteiger partial charge in [-0.05, 0) is 49.6 Å². The van der Waals surface area contributed by atoms with Crippen molar-refractivity contribution >= 4 is 52.0 Å². The predicted octanol–water partition coefficient (Wildman–Crippen LogP) is 3.01. The molecule has 290 valence electrons. The van der Waals surface area contributed by atoms with Crippen LogP contribution < -0.4 is 21.1 Å². The Morgan fingerprint density at radius 1 is 1.20 bits per heavy atom. The number of hydrogen-bond acceptors (Lipinski definition) is 11. The molecule has 0 aliphatic carbocycles. The van der Waals surface area contributed by atoms with E-state index in [1.807, 2.05) is 0 Å². The molecule has 1 unspecified atom stereocenters. The number of hydrogen-bond donors (Lipinski definition) is 3. The standard InChI is InChI=1S/C35H36ClF3N10O6/c1-4-25-29(46-10-11-47(22(16-46)15-40-26(50)5-2)32(53)28-30(52)19(3)41-18-42-28)33(54)49-34(44-31(45-49)20-8-12-55-13-9-20)48(25)17-27(51)43-24-7-6-21(14-23(24)36)35(37,38)39/h5-8,14,18,22,52H,2,4,9-13,15-17H2,1,3H3,(H,40,50)(H,43,51). The van der Waals surface area contributed by atoms with Gasteiger partial charge in [0.25, 0.3) is 11.5 Å². The van der Waals surface area contributed by atoms with Gasteiger partial charge in [0.05, 0.1) is 46.9 Å². The summed E-state index contributed by atoms with van der Waals surface area (Å²) < 4.78 is 47.8. The molecule has 1 aromatic carbocycles. The number of aryl methyl sites for hydroxylation is 1. The Kier molecular flexibility index (Phi) is 11.2. The summed E-state index contributed by atoms with van der Waals surface area (Å²) in [5.74, 6) is -1.89. The molecule has 4 aromatic rings. The third-order valence-electron chi connectivity index (χ3n) is 9.25. The van der Waals surface area contributed by atoms with E-state index in [1.165, 1.54) is 16.4 Å². The second kappa shape index (κ2) is 15.9. The highest BCUT2D eigenvalue weighted by molar-refractivity contribution is 6.33. The van der Waals surface area contributed by atoms with E-state index in [0.717, 1.165) is 34.6 Å². The summed E-state index contributed by atoms with van der Waals surface area (Å²) in [5.41, 5.74) is -0.363. The molecule has 5 heterocycles. The van der Waals surface area contributed by atoms with Crippen LogP contribution in [-0.4, -0.2) is 102 Å². The summed E-state index contributed by atoms with van der Waals surface area (Å²) in [7, 11) is 0. The lowest BCUT2D eigenvalue weighted by Crippen LogP contribution is -2.60. The number of piperazine rings is 1. The first-order valence-electron chi connectivity index (χ1n) is 17.1. The summed E-state index contributed by atoms with van der Waals surface area (Å²) in [6, 6.07) is 1.81. The van der Waals surface area contributed by atoms with Gasteiger partial charge in [-0.2, -0.15) is 22.7 Å². The Hall–Kier alpha value is -5.82. The molecule has 0 saturated carbocycles. The number of nitrogens with one attached hydrogen (secondary N) is 2. The maximum Gasteiger partial charge on any atom is 0.416 e. The van der Waals surface area contributed by atoms with Gasteiger partial charge in [-0.25, -0.2) is 9.97 Å². The third kappa shape index (κ3) is 8.02. The Morgan fingerprint density at radius 3 is 2.65 bits per heavy atom. The minimum absolute atomic E-state index is 0.0130. The number of anilines is 2. The van der Waals surface area contributed by atoms with Crippen molar-refractivity contribution in [2.24, 2.45) is 0 Å². The number of rotatable bonds is 10. The quantitative estimate of drug-likeness (QED) is 0.201. The number of nitrogens with zero attached hydrogens (tertiary/aromatic N) is 8. The Labute approximate surface area is 316 Å². The molecule has 3 N–H and O–H groups in total. The first-order valence-corrected chi connectivity index (χ1v) is 17.5. The first kappa shape index (κ1) is 38.9. The number of carbonyl (C=O) groups excluding carboxylic acids is 3. The van der Waals surface area contributed by atoms with E-state index in [4.69, 9.17) is 16.3 Å². The largest absolute Gasteiger partial charge is 0.504 e. The van der Waals surface area contributed by atoms with E-state index in [2.05, 4.69) is 37.3 Å². The van der Waals surface area contributed by atoms with E-state index in [1.54, 1.807) is 17.9 Å². The number of aromatic hydroxyl groups is 1. The van der Waals surface area contributed by atoms with Gasteiger partial charge in [-0.1, -0.05) is 31.2 Å². The van der Waals surface area contributed by atoms with Crippen molar-refractivity contribution in [3.8, 4) is 5.75 Å². The van der Waals surface area contributed by atoms with Gasteiger partial charge in [0.2, 0.25) is 17.6 Å². The van der Waals surface area contributed by atoms with Crippen molar-refractivity contribution in [2.75, 3.05) is 49.6 Å². The number of ether oxygens (including phenoxy) is 1. The van der Waals surface area contributed by atoms with Gasteiger partial charge in [-0.15, -0.1) is 5.10 Å². The number of fused-ring (bicyclic) bond motifs is 1. The van der Waals surface area contributed by atoms with Gasteiger partial charge in [0.1, 0.15) is 18.6 Å². The lowest BCUT2D eigenvalue weighted by atomic mass is 10.1. The van der Waals surface area contributed by atoms with Gasteiger partial charge in [0, 0.05) is 26.2 Å². The van der Waals surface area contributed by atoms with Crippen molar-refractivity contribution < 1.29 is 37.4 Å². The number of aromatic nitrogens is 6. The Morgan fingerprint density at radius 2 is 1.98 bits per heavy atom. The van der Waals surface area contributed by atoms with Gasteiger partial charge in [-0.3, -0.25) is 19.2 Å². The van der Waals surface area contributed by atoms with E-state index >= 15 is 0 Å². The van der Waals surface area contributed by atoms with E-state index in [9.17, 15) is 37.5 Å². The Bertz CT molecular complexity index is 2270. The zero-order valence-electron chi connectivity index (χ0n) is 29.7. The maximum absolute atomic E-state index is 14.5. The highest BCUT2D eigenvalue weighted by Gasteiger charge is 2.36. The normalized spacial score (nSPS) is 16.2. The van der Waals surface area contributed by atoms with Crippen molar-refractivity contribution in [2.45, 2.75) is 45.5 Å². The fourth-order valence-corrected chi connectivity index (χ4v) is 6.70. The molecule has 2 aliphatic rings. The molecular formula is C35H36ClF3N10O6. The first-order chi connectivity index (χ1) is 26.2. The number of amides is 3. The molecule has 2 aliphatic heterocycles. The van der Waals surface area contributed by atoms with E-state index in [0.29, 0.717) is 31.4 Å². The topological polar surface area (TPSA) is 189 Å². The molecule has 0 bridgehead atoms. The minimum Gasteiger partial charge on any atom is -0.504 e. The van der Waals surface area contributed by atoms with Crippen LogP contribution in [0.15, 0.2) is 48.1 Å². The molecule has 20 heteroatoms. The summed E-state index contributed by atoms with van der Waals surface area (Å²) in [6.07, 6.45) is 0.0661. The zero-order chi connectivity index (χ0) is 39.6. The fourth-order valence-electron chi connectivity index (χ4n) is 6.47. The number of carbonyl (C=O) groups is 3. The van der Waals surface area contributed by atoms with Crippen LogP contribution in [0.1, 0.15) is 46.6 Å². The van der Waals surface area contributed by atoms with Gasteiger partial charge >= 0.3 is 6.18 Å². The monoisotopic (exact) mass is 784 g/mol. The lowest BCUT2D eigenvalue weighted by Gasteiger charge is -2.42. The van der Waals surface area contributed by atoms with Crippen LogP contribution in [0.2, 0.25) is 5.02 Å². The minimum atomic E-state index is -4.64. The highest BCUT2D eigenvalue weighted by atomic mass is 35.5. The molecular weight excluding hydrogens is 749 g/mol. The van der Waals surface area contributed by atoms with Crippen LogP contribution in [0.3, 0.4) is 0 Å². The van der Waals surface area contributed by atoms with Crippen LogP contribution in [0.4, 0.5) is 24.5 Å². The maximum atomic E-state index is 14.5. The molecule has 1 saturated heterocycles. The number of halogens is 4. The van der Waals surface area contributed by atoms with Crippen LogP contribution in [0.5, 0.6) is 5.75 Å². The average molecular weight is 785 g/mol. The molecule has 16 nitrogen and oxygen atoms in total. The summed E-state index contributed by atoms with van der Waals surface area (Å²) >= 11 is 6.14. The van der Waals surface area contributed by atoms with Crippen molar-refractivity contribution in [1.29, 1.82) is 0 Å². The van der Waals surface area contributed by atoms with Crippen molar-refractivity contribution in [3.63, 3.8) is 0 Å². The van der Waals surface area contributed by atoms with E-state index < -0.39 is 47.6 Å². The molecule has 3 aromatic heterocycles. The molecule has 1 fully saturated rings. The summed E-state index contributed by atoms with van der Waals surface area (Å²) in [6.45, 7) is 7.14.